The van der Waals surface area contributed by atoms with Crippen LogP contribution in [0.15, 0.2) is 41.2 Å². The Hall–Kier alpha value is -3.82. The van der Waals surface area contributed by atoms with Gasteiger partial charge in [-0.05, 0) is 44.5 Å². The second-order valence-corrected chi connectivity index (χ2v) is 7.93. The van der Waals surface area contributed by atoms with Crippen LogP contribution in [0.2, 0.25) is 0 Å². The first-order valence-corrected chi connectivity index (χ1v) is 10.7. The molecule has 4 aromatic heterocycles. The van der Waals surface area contributed by atoms with Crippen molar-refractivity contribution in [3.05, 3.63) is 53.7 Å². The molecule has 0 aromatic carbocycles. The predicted octanol–water partition coefficient (Wildman–Crippen LogP) is 2.07. The van der Waals surface area contributed by atoms with E-state index in [1.165, 1.54) is 0 Å². The van der Waals surface area contributed by atoms with Crippen LogP contribution >= 0.6 is 0 Å². The third-order valence-corrected chi connectivity index (χ3v) is 5.85. The second kappa shape index (κ2) is 8.37. The molecule has 5 heterocycles. The van der Waals surface area contributed by atoms with Crippen LogP contribution in [0.5, 0.6) is 0 Å². The van der Waals surface area contributed by atoms with Crippen molar-refractivity contribution in [2.24, 2.45) is 0 Å². The zero-order valence-electron chi connectivity index (χ0n) is 18.1. The fourth-order valence-corrected chi connectivity index (χ4v) is 4.04. The van der Waals surface area contributed by atoms with Gasteiger partial charge in [0.25, 0.3) is 0 Å². The first-order chi connectivity index (χ1) is 15.6. The summed E-state index contributed by atoms with van der Waals surface area (Å²) in [6.45, 7) is 6.59. The highest BCUT2D eigenvalue weighted by Gasteiger charge is 2.23. The molecule has 1 fully saturated rings. The molecule has 1 amide bonds. The zero-order valence-corrected chi connectivity index (χ0v) is 18.1. The van der Waals surface area contributed by atoms with Gasteiger partial charge in [0.05, 0.1) is 12.1 Å². The molecule has 0 atom stereocenters. The Morgan fingerprint density at radius 2 is 2.00 bits per heavy atom. The lowest BCUT2D eigenvalue weighted by Gasteiger charge is -2.23. The SMILES string of the molecule is Cc1noc(C)c1CC(=O)N1CCCN(c2ccc3nnc(-c4cccnc4)n3n2)CC1. The quantitative estimate of drug-likeness (QED) is 0.483. The Balaban J connectivity index is 1.32. The van der Waals surface area contributed by atoms with Gasteiger partial charge in [0, 0.05) is 49.7 Å². The van der Waals surface area contributed by atoms with Crippen LogP contribution in [-0.2, 0) is 11.2 Å². The summed E-state index contributed by atoms with van der Waals surface area (Å²) in [4.78, 5) is 21.2. The van der Waals surface area contributed by atoms with Gasteiger partial charge in [-0.3, -0.25) is 9.78 Å². The van der Waals surface area contributed by atoms with Gasteiger partial charge in [-0.15, -0.1) is 15.3 Å². The number of hydrogen-bond donors (Lipinski definition) is 0. The average Bonchev–Trinajstić information content (AvgIpc) is 3.27. The summed E-state index contributed by atoms with van der Waals surface area (Å²) in [5, 5.41) is 17.3. The highest BCUT2D eigenvalue weighted by atomic mass is 16.5. The molecule has 0 radical (unpaired) electrons. The van der Waals surface area contributed by atoms with Crippen molar-refractivity contribution in [1.29, 1.82) is 0 Å². The molecule has 1 saturated heterocycles. The maximum atomic E-state index is 12.9. The van der Waals surface area contributed by atoms with Crippen LogP contribution < -0.4 is 4.90 Å². The lowest BCUT2D eigenvalue weighted by molar-refractivity contribution is -0.130. The van der Waals surface area contributed by atoms with Crippen molar-refractivity contribution in [3.63, 3.8) is 0 Å². The van der Waals surface area contributed by atoms with E-state index in [2.05, 4.69) is 25.2 Å². The fraction of sp³-hybridized carbons (Fsp3) is 0.364. The van der Waals surface area contributed by atoms with Crippen LogP contribution in [0.1, 0.15) is 23.4 Å². The van der Waals surface area contributed by atoms with E-state index in [1.54, 1.807) is 16.9 Å². The number of amides is 1. The highest BCUT2D eigenvalue weighted by Crippen LogP contribution is 2.20. The van der Waals surface area contributed by atoms with Crippen LogP contribution in [-0.4, -0.2) is 66.9 Å². The molecule has 0 N–H and O–H groups in total. The van der Waals surface area contributed by atoms with Gasteiger partial charge in [0.15, 0.2) is 11.5 Å². The molecule has 0 spiro atoms. The number of carbonyl (C=O) groups is 1. The van der Waals surface area contributed by atoms with E-state index in [9.17, 15) is 4.79 Å². The van der Waals surface area contributed by atoms with E-state index in [1.807, 2.05) is 43.0 Å². The van der Waals surface area contributed by atoms with Gasteiger partial charge >= 0.3 is 0 Å². The summed E-state index contributed by atoms with van der Waals surface area (Å²) in [5.74, 6) is 2.30. The maximum Gasteiger partial charge on any atom is 0.227 e. The number of hydrogen-bond acceptors (Lipinski definition) is 8. The highest BCUT2D eigenvalue weighted by molar-refractivity contribution is 5.79. The summed E-state index contributed by atoms with van der Waals surface area (Å²) in [5.41, 5.74) is 3.21. The van der Waals surface area contributed by atoms with Crippen molar-refractivity contribution >= 4 is 17.4 Å². The van der Waals surface area contributed by atoms with Gasteiger partial charge in [0.2, 0.25) is 5.91 Å². The molecular weight excluding hydrogens is 408 g/mol. The van der Waals surface area contributed by atoms with Gasteiger partial charge < -0.3 is 14.3 Å². The summed E-state index contributed by atoms with van der Waals surface area (Å²) in [6.07, 6.45) is 4.66. The lowest BCUT2D eigenvalue weighted by Crippen LogP contribution is -2.36. The molecule has 10 nitrogen and oxygen atoms in total. The number of rotatable bonds is 4. The topological polar surface area (TPSA) is 106 Å². The number of anilines is 1. The summed E-state index contributed by atoms with van der Waals surface area (Å²) in [6, 6.07) is 7.67. The standard InChI is InChI=1S/C22H24N8O2/c1-15-18(16(2)32-27-15)13-21(31)29-10-4-9-28(11-12-29)20-7-6-19-24-25-22(30(19)26-20)17-5-3-8-23-14-17/h3,5-8,14H,4,9-13H2,1-2H3. The minimum Gasteiger partial charge on any atom is -0.361 e. The molecule has 5 rings (SSSR count). The van der Waals surface area contributed by atoms with Crippen LogP contribution in [0, 0.1) is 13.8 Å². The van der Waals surface area contributed by atoms with Crippen molar-refractivity contribution in [3.8, 4) is 11.4 Å². The van der Waals surface area contributed by atoms with E-state index < -0.39 is 0 Å². The van der Waals surface area contributed by atoms with Gasteiger partial charge in [-0.1, -0.05) is 5.16 Å². The summed E-state index contributed by atoms with van der Waals surface area (Å²) >= 11 is 0. The minimum absolute atomic E-state index is 0.0994. The largest absolute Gasteiger partial charge is 0.361 e. The monoisotopic (exact) mass is 432 g/mol. The van der Waals surface area contributed by atoms with Crippen molar-refractivity contribution in [2.45, 2.75) is 26.7 Å². The Bertz CT molecular complexity index is 1230. The molecule has 0 saturated carbocycles. The molecule has 0 bridgehead atoms. The predicted molar refractivity (Wildman–Crippen MR) is 117 cm³/mol. The maximum absolute atomic E-state index is 12.9. The van der Waals surface area contributed by atoms with Crippen LogP contribution in [0.3, 0.4) is 0 Å². The van der Waals surface area contributed by atoms with Crippen molar-refractivity contribution in [1.82, 2.24) is 34.9 Å². The van der Waals surface area contributed by atoms with E-state index in [0.717, 1.165) is 35.6 Å². The molecule has 1 aliphatic rings. The van der Waals surface area contributed by atoms with E-state index in [4.69, 9.17) is 9.62 Å². The molecule has 32 heavy (non-hydrogen) atoms. The molecule has 164 valence electrons. The first kappa shape index (κ1) is 20.1. The molecule has 0 aliphatic carbocycles. The average molecular weight is 432 g/mol. The number of fused-ring (bicyclic) bond motifs is 1. The van der Waals surface area contributed by atoms with E-state index >= 15 is 0 Å². The molecule has 10 heteroatoms. The smallest absolute Gasteiger partial charge is 0.227 e. The Kier molecular flexibility index (Phi) is 5.26. The molecule has 4 aromatic rings. The summed E-state index contributed by atoms with van der Waals surface area (Å²) in [7, 11) is 0. The second-order valence-electron chi connectivity index (χ2n) is 7.93. The zero-order chi connectivity index (χ0) is 22.1. The van der Waals surface area contributed by atoms with Crippen LogP contribution in [0.4, 0.5) is 5.82 Å². The van der Waals surface area contributed by atoms with Crippen LogP contribution in [0.25, 0.3) is 17.0 Å². The van der Waals surface area contributed by atoms with Crippen molar-refractivity contribution in [2.75, 3.05) is 31.1 Å². The number of pyridine rings is 1. The van der Waals surface area contributed by atoms with E-state index in [-0.39, 0.29) is 5.91 Å². The van der Waals surface area contributed by atoms with Crippen molar-refractivity contribution < 1.29 is 9.32 Å². The van der Waals surface area contributed by atoms with Gasteiger partial charge in [-0.25, -0.2) is 0 Å². The van der Waals surface area contributed by atoms with Gasteiger partial charge in [0.1, 0.15) is 11.6 Å². The Morgan fingerprint density at radius 3 is 2.78 bits per heavy atom. The number of nitrogens with zero attached hydrogens (tertiary/aromatic N) is 8. The number of aromatic nitrogens is 6. The Morgan fingerprint density at radius 1 is 1.09 bits per heavy atom. The number of carbonyl (C=O) groups excluding carboxylic acids is 1. The minimum atomic E-state index is 0.0994. The number of aryl methyl sites for hydroxylation is 2. The lowest BCUT2D eigenvalue weighted by atomic mass is 10.1. The first-order valence-electron chi connectivity index (χ1n) is 10.7. The fourth-order valence-electron chi connectivity index (χ4n) is 4.04. The Labute approximate surface area is 184 Å². The third kappa shape index (κ3) is 3.79. The molecule has 1 aliphatic heterocycles. The normalized spacial score (nSPS) is 14.7. The third-order valence-electron chi connectivity index (χ3n) is 5.85. The molecule has 0 unspecified atom stereocenters. The molecular formula is C22H24N8O2. The van der Waals surface area contributed by atoms with Gasteiger partial charge in [-0.2, -0.15) is 4.52 Å². The van der Waals surface area contributed by atoms with E-state index in [0.29, 0.717) is 43.3 Å². The summed E-state index contributed by atoms with van der Waals surface area (Å²) < 4.78 is 6.95.